The molecule has 0 bridgehead atoms. The lowest BCUT2D eigenvalue weighted by atomic mass is 10.2. The standard InChI is InChI=1S/C11H11Cl2N3OS/c1-6(2)10-15-7(5-18-10)4-16-11(17)9(13)8(12)3-14-16/h3,5-6H,4H2,1-2H3. The van der Waals surface area contributed by atoms with Crippen LogP contribution in [0.25, 0.3) is 0 Å². The molecule has 0 N–H and O–H groups in total. The van der Waals surface area contributed by atoms with E-state index in [4.69, 9.17) is 23.2 Å². The summed E-state index contributed by atoms with van der Waals surface area (Å²) < 4.78 is 1.26. The van der Waals surface area contributed by atoms with Crippen LogP contribution < -0.4 is 5.56 Å². The third-order valence-corrected chi connectivity index (χ3v) is 4.26. The Bertz CT molecular complexity index is 621. The fourth-order valence-corrected chi connectivity index (χ4v) is 2.47. The second-order valence-electron chi connectivity index (χ2n) is 4.10. The lowest BCUT2D eigenvalue weighted by Crippen LogP contribution is -2.23. The predicted octanol–water partition coefficient (Wildman–Crippen LogP) is 3.18. The van der Waals surface area contributed by atoms with Crippen LogP contribution in [0, 0.1) is 0 Å². The second-order valence-corrected chi connectivity index (χ2v) is 5.78. The van der Waals surface area contributed by atoms with E-state index in [1.165, 1.54) is 10.9 Å². The lowest BCUT2D eigenvalue weighted by Gasteiger charge is -2.03. The molecule has 2 aromatic rings. The van der Waals surface area contributed by atoms with Crippen molar-refractivity contribution in [1.82, 2.24) is 14.8 Å². The number of hydrogen-bond acceptors (Lipinski definition) is 4. The molecule has 2 heterocycles. The van der Waals surface area contributed by atoms with Crippen LogP contribution in [0.2, 0.25) is 10.0 Å². The maximum Gasteiger partial charge on any atom is 0.287 e. The molecule has 7 heteroatoms. The average molecular weight is 304 g/mol. The van der Waals surface area contributed by atoms with Gasteiger partial charge in [0.2, 0.25) is 0 Å². The maximum atomic E-state index is 11.8. The fourth-order valence-electron chi connectivity index (χ4n) is 1.37. The first kappa shape index (κ1) is 13.5. The van der Waals surface area contributed by atoms with E-state index >= 15 is 0 Å². The highest BCUT2D eigenvalue weighted by molar-refractivity contribution is 7.09. The minimum atomic E-state index is -0.400. The Balaban J connectivity index is 2.29. The van der Waals surface area contributed by atoms with Crippen molar-refractivity contribution in [2.75, 3.05) is 0 Å². The van der Waals surface area contributed by atoms with E-state index in [2.05, 4.69) is 23.9 Å². The monoisotopic (exact) mass is 303 g/mol. The molecular weight excluding hydrogens is 293 g/mol. The molecule has 0 radical (unpaired) electrons. The molecule has 0 aliphatic heterocycles. The van der Waals surface area contributed by atoms with Gasteiger partial charge >= 0.3 is 0 Å². The normalized spacial score (nSPS) is 11.2. The summed E-state index contributed by atoms with van der Waals surface area (Å²) in [4.78, 5) is 16.2. The van der Waals surface area contributed by atoms with Gasteiger partial charge < -0.3 is 0 Å². The molecule has 0 spiro atoms. The molecule has 4 nitrogen and oxygen atoms in total. The molecule has 0 atom stereocenters. The maximum absolute atomic E-state index is 11.8. The molecule has 0 saturated heterocycles. The number of aromatic nitrogens is 3. The summed E-state index contributed by atoms with van der Waals surface area (Å²) in [5.41, 5.74) is 0.403. The van der Waals surface area contributed by atoms with Crippen LogP contribution in [0.3, 0.4) is 0 Å². The van der Waals surface area contributed by atoms with Crippen molar-refractivity contribution >= 4 is 34.5 Å². The van der Waals surface area contributed by atoms with Gasteiger partial charge in [0.25, 0.3) is 5.56 Å². The molecule has 2 aromatic heterocycles. The molecule has 0 amide bonds. The Kier molecular flexibility index (Phi) is 4.04. The average Bonchev–Trinajstić information content (AvgIpc) is 2.79. The van der Waals surface area contributed by atoms with Gasteiger partial charge in [-0.15, -0.1) is 11.3 Å². The van der Waals surface area contributed by atoms with Crippen molar-refractivity contribution in [2.45, 2.75) is 26.3 Å². The number of rotatable bonds is 3. The van der Waals surface area contributed by atoms with Crippen LogP contribution in [0.4, 0.5) is 0 Å². The van der Waals surface area contributed by atoms with Gasteiger partial charge in [-0.05, 0) is 0 Å². The van der Waals surface area contributed by atoms with Crippen molar-refractivity contribution in [3.05, 3.63) is 42.7 Å². The van der Waals surface area contributed by atoms with Gasteiger partial charge in [0.1, 0.15) is 5.02 Å². The molecule has 0 aliphatic carbocycles. The van der Waals surface area contributed by atoms with Crippen molar-refractivity contribution in [1.29, 1.82) is 0 Å². The number of thiazole rings is 1. The highest BCUT2D eigenvalue weighted by Crippen LogP contribution is 2.20. The summed E-state index contributed by atoms with van der Waals surface area (Å²) >= 11 is 13.1. The Hall–Kier alpha value is -0.910. The largest absolute Gasteiger partial charge is 0.287 e. The zero-order valence-electron chi connectivity index (χ0n) is 9.85. The second kappa shape index (κ2) is 5.38. The first-order valence-electron chi connectivity index (χ1n) is 5.34. The van der Waals surface area contributed by atoms with E-state index in [1.807, 2.05) is 5.38 Å². The quantitative estimate of drug-likeness (QED) is 0.875. The van der Waals surface area contributed by atoms with Crippen molar-refractivity contribution in [3.63, 3.8) is 0 Å². The minimum absolute atomic E-state index is 0.00835. The van der Waals surface area contributed by atoms with Gasteiger partial charge in [0.15, 0.2) is 0 Å². The van der Waals surface area contributed by atoms with Gasteiger partial charge in [-0.25, -0.2) is 9.67 Å². The minimum Gasteiger partial charge on any atom is -0.266 e. The first-order valence-corrected chi connectivity index (χ1v) is 6.98. The van der Waals surface area contributed by atoms with Gasteiger partial charge in [-0.2, -0.15) is 5.10 Å². The topological polar surface area (TPSA) is 47.8 Å². The van der Waals surface area contributed by atoms with E-state index in [0.29, 0.717) is 12.5 Å². The molecule has 0 saturated carbocycles. The first-order chi connectivity index (χ1) is 8.49. The number of nitrogens with zero attached hydrogens (tertiary/aromatic N) is 3. The van der Waals surface area contributed by atoms with E-state index in [0.717, 1.165) is 10.7 Å². The third-order valence-electron chi connectivity index (χ3n) is 2.32. The molecule has 2 rings (SSSR count). The summed E-state index contributed by atoms with van der Waals surface area (Å²) in [7, 11) is 0. The van der Waals surface area contributed by atoms with Crippen LogP contribution >= 0.6 is 34.5 Å². The van der Waals surface area contributed by atoms with Gasteiger partial charge in [-0.3, -0.25) is 4.79 Å². The Labute approximate surface area is 118 Å². The zero-order chi connectivity index (χ0) is 13.3. The van der Waals surface area contributed by atoms with Crippen LogP contribution in [-0.4, -0.2) is 14.8 Å². The van der Waals surface area contributed by atoms with Crippen LogP contribution in [-0.2, 0) is 6.54 Å². The summed E-state index contributed by atoms with van der Waals surface area (Å²) in [5.74, 6) is 0.377. The van der Waals surface area contributed by atoms with Crippen molar-refractivity contribution in [2.24, 2.45) is 0 Å². The van der Waals surface area contributed by atoms with Crippen LogP contribution in [0.15, 0.2) is 16.4 Å². The van der Waals surface area contributed by atoms with E-state index in [-0.39, 0.29) is 10.0 Å². The third kappa shape index (κ3) is 2.74. The Morgan fingerprint density at radius 2 is 2.17 bits per heavy atom. The fraction of sp³-hybridized carbons (Fsp3) is 0.364. The van der Waals surface area contributed by atoms with Crippen LogP contribution in [0.1, 0.15) is 30.5 Å². The highest BCUT2D eigenvalue weighted by atomic mass is 35.5. The summed E-state index contributed by atoms with van der Waals surface area (Å²) in [6, 6.07) is 0. The smallest absolute Gasteiger partial charge is 0.266 e. The molecule has 0 fully saturated rings. The molecular formula is C11H11Cl2N3OS. The summed E-state index contributed by atoms with van der Waals surface area (Å²) in [6.07, 6.45) is 1.36. The van der Waals surface area contributed by atoms with Crippen molar-refractivity contribution in [3.8, 4) is 0 Å². The number of hydrogen-bond donors (Lipinski definition) is 0. The summed E-state index contributed by atoms with van der Waals surface area (Å²) in [5, 5.41) is 7.06. The molecule has 0 aliphatic rings. The van der Waals surface area contributed by atoms with Gasteiger partial charge in [-0.1, -0.05) is 37.0 Å². The number of halogens is 2. The highest BCUT2D eigenvalue weighted by Gasteiger charge is 2.10. The van der Waals surface area contributed by atoms with Gasteiger partial charge in [0.05, 0.1) is 28.5 Å². The molecule has 0 aromatic carbocycles. The van der Waals surface area contributed by atoms with E-state index in [1.54, 1.807) is 11.3 Å². The van der Waals surface area contributed by atoms with E-state index < -0.39 is 5.56 Å². The van der Waals surface area contributed by atoms with E-state index in [9.17, 15) is 4.79 Å². The molecule has 96 valence electrons. The van der Waals surface area contributed by atoms with Crippen molar-refractivity contribution < 1.29 is 0 Å². The Morgan fingerprint density at radius 1 is 1.44 bits per heavy atom. The predicted molar refractivity (Wildman–Crippen MR) is 73.8 cm³/mol. The van der Waals surface area contributed by atoms with Crippen LogP contribution in [0.5, 0.6) is 0 Å². The zero-order valence-corrected chi connectivity index (χ0v) is 12.2. The lowest BCUT2D eigenvalue weighted by molar-refractivity contribution is 0.628. The molecule has 0 unspecified atom stereocenters. The SMILES string of the molecule is CC(C)c1nc(Cn2ncc(Cl)c(Cl)c2=O)cs1. The summed E-state index contributed by atoms with van der Waals surface area (Å²) in [6.45, 7) is 4.46. The van der Waals surface area contributed by atoms with Gasteiger partial charge in [0, 0.05) is 11.3 Å². The Morgan fingerprint density at radius 3 is 2.78 bits per heavy atom. The molecule has 18 heavy (non-hydrogen) atoms.